The van der Waals surface area contributed by atoms with Gasteiger partial charge in [0, 0.05) is 29.9 Å². The van der Waals surface area contributed by atoms with Crippen LogP contribution in [0.5, 0.6) is 5.88 Å². The molecule has 0 radical (unpaired) electrons. The first-order valence-corrected chi connectivity index (χ1v) is 7.07. The van der Waals surface area contributed by atoms with Crippen LogP contribution in [0.1, 0.15) is 37.7 Å². The summed E-state index contributed by atoms with van der Waals surface area (Å²) >= 11 is 0. The topological polar surface area (TPSA) is 45.6 Å². The maximum absolute atomic E-state index is 11.0. The normalized spacial score (nSPS) is 35.1. The Morgan fingerprint density at radius 3 is 2.53 bits per heavy atom. The molecule has 2 aliphatic rings. The average Bonchev–Trinajstić information content (AvgIpc) is 2.41. The number of pyridine rings is 1. The Kier molecular flexibility index (Phi) is 3.23. The van der Waals surface area contributed by atoms with E-state index < -0.39 is 5.60 Å². The lowest BCUT2D eigenvalue weighted by molar-refractivity contribution is -0.0876. The molecule has 1 aromatic rings. The van der Waals surface area contributed by atoms with Gasteiger partial charge >= 0.3 is 0 Å². The zero-order chi connectivity index (χ0) is 13.5. The molecule has 3 rings (SSSR count). The summed E-state index contributed by atoms with van der Waals surface area (Å²) in [6.07, 6.45) is 7.07. The van der Waals surface area contributed by atoms with Crippen LogP contribution in [0, 0.1) is 0 Å². The number of ether oxygens (including phenoxy) is 1. The highest BCUT2D eigenvalue weighted by Crippen LogP contribution is 2.43. The van der Waals surface area contributed by atoms with Crippen LogP contribution in [0.2, 0.25) is 0 Å². The molecule has 0 spiro atoms. The van der Waals surface area contributed by atoms with Crippen molar-refractivity contribution in [3.8, 4) is 5.88 Å². The molecule has 2 fully saturated rings. The molecule has 2 saturated heterocycles. The van der Waals surface area contributed by atoms with Crippen LogP contribution in [0.3, 0.4) is 0 Å². The average molecular weight is 262 g/mol. The molecule has 19 heavy (non-hydrogen) atoms. The van der Waals surface area contributed by atoms with Crippen molar-refractivity contribution in [2.24, 2.45) is 0 Å². The Balaban J connectivity index is 1.86. The zero-order valence-corrected chi connectivity index (χ0v) is 11.7. The molecule has 1 aromatic heterocycles. The second-order valence-electron chi connectivity index (χ2n) is 5.93. The number of methoxy groups -OCH3 is 1. The van der Waals surface area contributed by atoms with Crippen molar-refractivity contribution < 1.29 is 9.84 Å². The van der Waals surface area contributed by atoms with Gasteiger partial charge in [0.15, 0.2) is 0 Å². The van der Waals surface area contributed by atoms with Crippen LogP contribution in [0.4, 0.5) is 0 Å². The molecule has 0 saturated carbocycles. The molecule has 2 aliphatic heterocycles. The predicted molar refractivity (Wildman–Crippen MR) is 73.1 cm³/mol. The Labute approximate surface area is 114 Å². The van der Waals surface area contributed by atoms with Gasteiger partial charge in [-0.1, -0.05) is 6.42 Å². The molecule has 104 valence electrons. The molecule has 2 bridgehead atoms. The number of aromatic nitrogens is 1. The first kappa shape index (κ1) is 12.9. The summed E-state index contributed by atoms with van der Waals surface area (Å²) in [6, 6.07) is 4.79. The molecule has 1 N–H and O–H groups in total. The van der Waals surface area contributed by atoms with E-state index in [2.05, 4.69) is 16.9 Å². The van der Waals surface area contributed by atoms with Gasteiger partial charge in [-0.05, 0) is 38.8 Å². The Morgan fingerprint density at radius 1 is 1.32 bits per heavy atom. The van der Waals surface area contributed by atoms with Crippen molar-refractivity contribution in [1.82, 2.24) is 9.88 Å². The Bertz CT molecular complexity index is 432. The molecule has 4 heteroatoms. The highest BCUT2D eigenvalue weighted by atomic mass is 16.5. The molecule has 4 nitrogen and oxygen atoms in total. The van der Waals surface area contributed by atoms with E-state index in [4.69, 9.17) is 4.74 Å². The van der Waals surface area contributed by atoms with Crippen molar-refractivity contribution in [3.05, 3.63) is 23.9 Å². The highest BCUT2D eigenvalue weighted by Gasteiger charge is 2.44. The van der Waals surface area contributed by atoms with Gasteiger partial charge in [-0.2, -0.15) is 0 Å². The van der Waals surface area contributed by atoms with Crippen molar-refractivity contribution in [2.45, 2.75) is 49.8 Å². The molecule has 3 heterocycles. The third-order valence-electron chi connectivity index (χ3n) is 4.86. The first-order valence-electron chi connectivity index (χ1n) is 7.07. The largest absolute Gasteiger partial charge is 0.481 e. The Hall–Kier alpha value is -1.13. The highest BCUT2D eigenvalue weighted by molar-refractivity contribution is 5.25. The summed E-state index contributed by atoms with van der Waals surface area (Å²) in [4.78, 5) is 6.69. The van der Waals surface area contributed by atoms with Crippen molar-refractivity contribution in [3.63, 3.8) is 0 Å². The van der Waals surface area contributed by atoms with E-state index in [1.54, 1.807) is 13.3 Å². The van der Waals surface area contributed by atoms with E-state index in [1.165, 1.54) is 19.3 Å². The van der Waals surface area contributed by atoms with Gasteiger partial charge in [0.05, 0.1) is 12.7 Å². The summed E-state index contributed by atoms with van der Waals surface area (Å²) < 4.78 is 5.08. The quantitative estimate of drug-likeness (QED) is 0.884. The minimum Gasteiger partial charge on any atom is -0.481 e. The van der Waals surface area contributed by atoms with Crippen molar-refractivity contribution in [1.29, 1.82) is 0 Å². The van der Waals surface area contributed by atoms with Gasteiger partial charge in [-0.25, -0.2) is 4.98 Å². The second-order valence-corrected chi connectivity index (χ2v) is 5.93. The third-order valence-corrected chi connectivity index (χ3v) is 4.86. The fraction of sp³-hybridized carbons (Fsp3) is 0.667. The lowest BCUT2D eigenvalue weighted by Crippen LogP contribution is -2.55. The SMILES string of the molecule is COc1ccc(C2(O)CC3CCCC(C2)N3C)cn1. The van der Waals surface area contributed by atoms with Crippen LogP contribution in [-0.2, 0) is 5.60 Å². The fourth-order valence-corrected chi connectivity index (χ4v) is 3.66. The second kappa shape index (κ2) is 4.76. The minimum absolute atomic E-state index is 0.500. The van der Waals surface area contributed by atoms with E-state index in [-0.39, 0.29) is 0 Å². The van der Waals surface area contributed by atoms with Gasteiger partial charge in [-0.3, -0.25) is 0 Å². The number of piperidine rings is 2. The van der Waals surface area contributed by atoms with Gasteiger partial charge in [0.1, 0.15) is 0 Å². The van der Waals surface area contributed by atoms with Crippen molar-refractivity contribution >= 4 is 0 Å². The summed E-state index contributed by atoms with van der Waals surface area (Å²) in [7, 11) is 3.80. The number of hydrogen-bond acceptors (Lipinski definition) is 4. The van der Waals surface area contributed by atoms with Crippen LogP contribution >= 0.6 is 0 Å². The number of fused-ring (bicyclic) bond motifs is 2. The summed E-state index contributed by atoms with van der Waals surface area (Å²) in [5, 5.41) is 11.0. The molecular formula is C15H22N2O2. The third kappa shape index (κ3) is 2.23. The summed E-state index contributed by atoms with van der Waals surface area (Å²) in [6.45, 7) is 0. The van der Waals surface area contributed by atoms with Gasteiger partial charge in [0.25, 0.3) is 0 Å². The van der Waals surface area contributed by atoms with Crippen LogP contribution in [0.15, 0.2) is 18.3 Å². The standard InChI is InChI=1S/C15H22N2O2/c1-17-12-4-3-5-13(17)9-15(18,8-12)11-6-7-14(19-2)16-10-11/h6-7,10,12-13,18H,3-5,8-9H2,1-2H3. The molecule has 2 atom stereocenters. The number of aliphatic hydroxyl groups is 1. The first-order chi connectivity index (χ1) is 9.12. The summed E-state index contributed by atoms with van der Waals surface area (Å²) in [5.74, 6) is 0.598. The van der Waals surface area contributed by atoms with Crippen LogP contribution in [-0.4, -0.2) is 41.2 Å². The smallest absolute Gasteiger partial charge is 0.212 e. The number of nitrogens with zero attached hydrogens (tertiary/aromatic N) is 2. The lowest BCUT2D eigenvalue weighted by Gasteiger charge is -2.50. The Morgan fingerprint density at radius 2 is 2.00 bits per heavy atom. The van der Waals surface area contributed by atoms with Gasteiger partial charge < -0.3 is 14.7 Å². The molecule has 0 aromatic carbocycles. The maximum Gasteiger partial charge on any atom is 0.212 e. The molecule has 0 aliphatic carbocycles. The van der Waals surface area contributed by atoms with E-state index in [0.29, 0.717) is 18.0 Å². The van der Waals surface area contributed by atoms with Gasteiger partial charge in [0.2, 0.25) is 5.88 Å². The van der Waals surface area contributed by atoms with Gasteiger partial charge in [-0.15, -0.1) is 0 Å². The molecule has 2 unspecified atom stereocenters. The van der Waals surface area contributed by atoms with E-state index in [9.17, 15) is 5.11 Å². The summed E-state index contributed by atoms with van der Waals surface area (Å²) in [5.41, 5.74) is 0.208. The fourth-order valence-electron chi connectivity index (χ4n) is 3.66. The lowest BCUT2D eigenvalue weighted by atomic mass is 9.73. The van der Waals surface area contributed by atoms with E-state index >= 15 is 0 Å². The van der Waals surface area contributed by atoms with E-state index in [0.717, 1.165) is 18.4 Å². The number of hydrogen-bond donors (Lipinski definition) is 1. The molecular weight excluding hydrogens is 240 g/mol. The monoisotopic (exact) mass is 262 g/mol. The predicted octanol–water partition coefficient (Wildman–Crippen LogP) is 1.92. The van der Waals surface area contributed by atoms with Crippen molar-refractivity contribution in [2.75, 3.05) is 14.2 Å². The molecule has 0 amide bonds. The van der Waals surface area contributed by atoms with Crippen LogP contribution in [0.25, 0.3) is 0 Å². The van der Waals surface area contributed by atoms with Crippen LogP contribution < -0.4 is 4.74 Å². The van der Waals surface area contributed by atoms with E-state index in [1.807, 2.05) is 12.1 Å². The minimum atomic E-state index is -0.721. The zero-order valence-electron chi connectivity index (χ0n) is 11.7. The number of rotatable bonds is 2. The maximum atomic E-state index is 11.0.